The highest BCUT2D eigenvalue weighted by molar-refractivity contribution is 7.80. The standard InChI is InChI=1S/C22H34N4O2S/c1-16-12-17(2)19-14-18(21(27)24-20(19)13-16)15-26(10-7-9-25(3)4)22(29)23-8-6-11-28-5/h12-14H,6-11,15H2,1-5H3,(H,23,29)(H,24,27)/p+1. The lowest BCUT2D eigenvalue weighted by atomic mass is 10.0. The van der Waals surface area contributed by atoms with Crippen LogP contribution in [0.25, 0.3) is 10.9 Å². The Morgan fingerprint density at radius 2 is 2.00 bits per heavy atom. The summed E-state index contributed by atoms with van der Waals surface area (Å²) in [5.41, 5.74) is 3.89. The van der Waals surface area contributed by atoms with Gasteiger partial charge in [-0.15, -0.1) is 0 Å². The number of thiocarbonyl (C=S) groups is 1. The molecule has 0 radical (unpaired) electrons. The predicted molar refractivity (Wildman–Crippen MR) is 124 cm³/mol. The summed E-state index contributed by atoms with van der Waals surface area (Å²) in [7, 11) is 5.98. The summed E-state index contributed by atoms with van der Waals surface area (Å²) in [4.78, 5) is 19.3. The van der Waals surface area contributed by atoms with Gasteiger partial charge in [0, 0.05) is 49.7 Å². The molecule has 29 heavy (non-hydrogen) atoms. The second-order valence-electron chi connectivity index (χ2n) is 7.98. The molecule has 1 heterocycles. The van der Waals surface area contributed by atoms with Gasteiger partial charge in [0.1, 0.15) is 0 Å². The SMILES string of the molecule is COCCCNC(=S)N(CCC[NH+](C)C)Cc1cc2c(C)cc(C)cc2[nH]c1=O. The molecular weight excluding hydrogens is 384 g/mol. The van der Waals surface area contributed by atoms with Crippen molar-refractivity contribution in [3.05, 3.63) is 45.2 Å². The molecule has 2 aromatic rings. The Kier molecular flexibility index (Phi) is 9.07. The first-order valence-electron chi connectivity index (χ1n) is 10.3. The van der Waals surface area contributed by atoms with Crippen LogP contribution in [-0.4, -0.2) is 62.4 Å². The maximum Gasteiger partial charge on any atom is 0.253 e. The Bertz CT molecular complexity index is 879. The van der Waals surface area contributed by atoms with Crippen molar-refractivity contribution in [1.82, 2.24) is 15.2 Å². The molecule has 6 nitrogen and oxygen atoms in total. The zero-order valence-corrected chi connectivity index (χ0v) is 19.2. The van der Waals surface area contributed by atoms with Crippen molar-refractivity contribution in [2.75, 3.05) is 47.4 Å². The normalized spacial score (nSPS) is 11.2. The third-order valence-electron chi connectivity index (χ3n) is 4.94. The van der Waals surface area contributed by atoms with Gasteiger partial charge in [0.15, 0.2) is 5.11 Å². The number of nitrogens with zero attached hydrogens (tertiary/aromatic N) is 1. The van der Waals surface area contributed by atoms with Crippen LogP contribution in [0, 0.1) is 13.8 Å². The number of aromatic amines is 1. The summed E-state index contributed by atoms with van der Waals surface area (Å²) >= 11 is 5.64. The van der Waals surface area contributed by atoms with Gasteiger partial charge in [0.05, 0.1) is 27.2 Å². The molecule has 1 aromatic heterocycles. The molecule has 0 spiro atoms. The number of rotatable bonds is 10. The smallest absolute Gasteiger partial charge is 0.253 e. The molecule has 0 fully saturated rings. The zero-order valence-electron chi connectivity index (χ0n) is 18.4. The summed E-state index contributed by atoms with van der Waals surface area (Å²) in [6.07, 6.45) is 1.90. The Hall–Kier alpha value is -1.96. The molecule has 0 atom stereocenters. The molecule has 1 aromatic carbocycles. The molecule has 0 aliphatic rings. The highest BCUT2D eigenvalue weighted by Gasteiger charge is 2.14. The minimum absolute atomic E-state index is 0.0482. The number of aromatic nitrogens is 1. The monoisotopic (exact) mass is 419 g/mol. The second-order valence-corrected chi connectivity index (χ2v) is 8.36. The predicted octanol–water partition coefficient (Wildman–Crippen LogP) is 1.39. The molecule has 0 saturated heterocycles. The number of benzene rings is 1. The van der Waals surface area contributed by atoms with Crippen LogP contribution in [0.1, 0.15) is 29.5 Å². The molecule has 0 bridgehead atoms. The zero-order chi connectivity index (χ0) is 21.4. The quantitative estimate of drug-likeness (QED) is 0.401. The minimum Gasteiger partial charge on any atom is -0.385 e. The summed E-state index contributed by atoms with van der Waals surface area (Å²) in [6.45, 7) is 7.94. The topological polar surface area (TPSA) is 61.8 Å². The van der Waals surface area contributed by atoms with Gasteiger partial charge < -0.3 is 24.8 Å². The van der Waals surface area contributed by atoms with Gasteiger partial charge in [-0.3, -0.25) is 4.79 Å². The lowest BCUT2D eigenvalue weighted by Crippen LogP contribution is -3.05. The Morgan fingerprint density at radius 1 is 1.24 bits per heavy atom. The maximum absolute atomic E-state index is 12.7. The van der Waals surface area contributed by atoms with Crippen molar-refractivity contribution in [2.45, 2.75) is 33.2 Å². The van der Waals surface area contributed by atoms with E-state index >= 15 is 0 Å². The van der Waals surface area contributed by atoms with Crippen LogP contribution in [0.15, 0.2) is 23.0 Å². The van der Waals surface area contributed by atoms with Crippen molar-refractivity contribution < 1.29 is 9.64 Å². The Balaban J connectivity index is 2.20. The number of H-pyrrole nitrogens is 1. The summed E-state index contributed by atoms with van der Waals surface area (Å²) in [6, 6.07) is 6.18. The van der Waals surface area contributed by atoms with Crippen molar-refractivity contribution in [2.24, 2.45) is 0 Å². The molecule has 0 aliphatic carbocycles. The number of hydrogen-bond acceptors (Lipinski definition) is 3. The number of ether oxygens (including phenoxy) is 1. The van der Waals surface area contributed by atoms with Crippen LogP contribution < -0.4 is 15.8 Å². The minimum atomic E-state index is -0.0482. The fraction of sp³-hybridized carbons (Fsp3) is 0.545. The molecule has 2 rings (SSSR count). The number of pyridine rings is 1. The Labute approximate surface area is 179 Å². The van der Waals surface area contributed by atoms with Crippen LogP contribution >= 0.6 is 12.2 Å². The average molecular weight is 420 g/mol. The molecule has 7 heteroatoms. The highest BCUT2D eigenvalue weighted by atomic mass is 32.1. The van der Waals surface area contributed by atoms with Crippen molar-refractivity contribution in [1.29, 1.82) is 0 Å². The highest BCUT2D eigenvalue weighted by Crippen LogP contribution is 2.19. The van der Waals surface area contributed by atoms with Gasteiger partial charge in [-0.25, -0.2) is 0 Å². The van der Waals surface area contributed by atoms with Crippen LogP contribution in [0.3, 0.4) is 0 Å². The van der Waals surface area contributed by atoms with Crippen LogP contribution in [0.4, 0.5) is 0 Å². The van der Waals surface area contributed by atoms with E-state index in [1.165, 1.54) is 10.5 Å². The van der Waals surface area contributed by atoms with Crippen LogP contribution in [0.5, 0.6) is 0 Å². The average Bonchev–Trinajstić information content (AvgIpc) is 2.64. The number of nitrogens with one attached hydrogen (secondary N) is 3. The largest absolute Gasteiger partial charge is 0.385 e. The van der Waals surface area contributed by atoms with Crippen LogP contribution in [0.2, 0.25) is 0 Å². The molecular formula is C22H35N4O2S+. The number of quaternary nitrogens is 1. The fourth-order valence-electron chi connectivity index (χ4n) is 3.44. The van der Waals surface area contributed by atoms with Gasteiger partial charge in [0.2, 0.25) is 0 Å². The van der Waals surface area contributed by atoms with E-state index in [1.54, 1.807) is 7.11 Å². The molecule has 0 aliphatic heterocycles. The number of aryl methyl sites for hydroxylation is 2. The maximum atomic E-state index is 12.7. The number of fused-ring (bicyclic) bond motifs is 1. The molecule has 160 valence electrons. The lowest BCUT2D eigenvalue weighted by Gasteiger charge is -2.26. The van der Waals surface area contributed by atoms with Crippen molar-refractivity contribution in [3.63, 3.8) is 0 Å². The van der Waals surface area contributed by atoms with Gasteiger partial charge >= 0.3 is 0 Å². The third kappa shape index (κ3) is 7.10. The molecule has 0 unspecified atom stereocenters. The first-order chi connectivity index (χ1) is 13.8. The summed E-state index contributed by atoms with van der Waals surface area (Å²) in [5, 5.41) is 5.08. The van der Waals surface area contributed by atoms with E-state index in [0.717, 1.165) is 54.5 Å². The molecule has 3 N–H and O–H groups in total. The first-order valence-corrected chi connectivity index (χ1v) is 10.7. The number of methoxy groups -OCH3 is 1. The van der Waals surface area contributed by atoms with E-state index < -0.39 is 0 Å². The van der Waals surface area contributed by atoms with Gasteiger partial charge in [0.25, 0.3) is 5.56 Å². The second kappa shape index (κ2) is 11.3. The lowest BCUT2D eigenvalue weighted by molar-refractivity contribution is -0.858. The number of hydrogen-bond donors (Lipinski definition) is 3. The molecule has 0 saturated carbocycles. The van der Waals surface area contributed by atoms with E-state index in [-0.39, 0.29) is 5.56 Å². The van der Waals surface area contributed by atoms with E-state index in [4.69, 9.17) is 17.0 Å². The van der Waals surface area contributed by atoms with Crippen LogP contribution in [-0.2, 0) is 11.3 Å². The third-order valence-corrected chi connectivity index (χ3v) is 5.35. The van der Waals surface area contributed by atoms with Crippen molar-refractivity contribution >= 4 is 28.2 Å². The van der Waals surface area contributed by atoms with E-state index in [9.17, 15) is 4.79 Å². The van der Waals surface area contributed by atoms with Gasteiger partial charge in [-0.2, -0.15) is 0 Å². The van der Waals surface area contributed by atoms with Gasteiger partial charge in [-0.05, 0) is 55.7 Å². The fourth-order valence-corrected chi connectivity index (χ4v) is 3.70. The van der Waals surface area contributed by atoms with E-state index in [1.807, 2.05) is 19.1 Å². The molecule has 0 amide bonds. The van der Waals surface area contributed by atoms with Gasteiger partial charge in [-0.1, -0.05) is 6.07 Å². The first kappa shape index (κ1) is 23.3. The summed E-state index contributed by atoms with van der Waals surface area (Å²) < 4.78 is 5.10. The van der Waals surface area contributed by atoms with Crippen molar-refractivity contribution in [3.8, 4) is 0 Å². The van der Waals surface area contributed by atoms with E-state index in [0.29, 0.717) is 18.3 Å². The summed E-state index contributed by atoms with van der Waals surface area (Å²) in [5.74, 6) is 0. The van der Waals surface area contributed by atoms with E-state index in [2.05, 4.69) is 42.3 Å². The Morgan fingerprint density at radius 3 is 2.69 bits per heavy atom.